The average Bonchev–Trinajstić information content (AvgIpc) is 3.12. The number of amidine groups is 1. The molecule has 3 aromatic carbocycles. The highest BCUT2D eigenvalue weighted by Gasteiger charge is 2.27. The summed E-state index contributed by atoms with van der Waals surface area (Å²) in [6.45, 7) is 1.42. The number of hydrogen-bond acceptors (Lipinski definition) is 3. The molecule has 0 aromatic heterocycles. The molecule has 0 radical (unpaired) electrons. The molecule has 30 heavy (non-hydrogen) atoms. The van der Waals surface area contributed by atoms with Crippen LogP contribution in [-0.4, -0.2) is 32.0 Å². The molecule has 1 aliphatic rings. The lowest BCUT2D eigenvalue weighted by atomic mass is 10.1. The Morgan fingerprint density at radius 2 is 1.53 bits per heavy atom. The summed E-state index contributed by atoms with van der Waals surface area (Å²) in [4.78, 5) is 9.23. The Bertz CT molecular complexity index is 1020. The predicted molar refractivity (Wildman–Crippen MR) is 120 cm³/mol. The standard InChI is InChI=1S/C24H22ClF2N3/c1-29(22-12-8-20(27)9-13-22)15-21-16-30(23-10-4-18(25)5-11-23)24(28-21)14-17-2-6-19(26)7-3-17/h2-13,21H,14-16H2,1H3. The van der Waals surface area contributed by atoms with Crippen molar-refractivity contribution in [2.45, 2.75) is 12.5 Å². The summed E-state index contributed by atoms with van der Waals surface area (Å²) < 4.78 is 26.5. The van der Waals surface area contributed by atoms with E-state index in [1.807, 2.05) is 31.3 Å². The predicted octanol–water partition coefficient (Wildman–Crippen LogP) is 5.58. The van der Waals surface area contributed by atoms with Gasteiger partial charge in [-0.25, -0.2) is 8.78 Å². The molecule has 6 heteroatoms. The molecule has 0 N–H and O–H groups in total. The van der Waals surface area contributed by atoms with Gasteiger partial charge in [-0.3, -0.25) is 4.99 Å². The van der Waals surface area contributed by atoms with Crippen LogP contribution in [0.15, 0.2) is 77.8 Å². The molecular weight excluding hydrogens is 404 g/mol. The summed E-state index contributed by atoms with van der Waals surface area (Å²) in [6.07, 6.45) is 0.611. The Morgan fingerprint density at radius 3 is 2.17 bits per heavy atom. The van der Waals surface area contributed by atoms with Crippen LogP contribution >= 0.6 is 11.6 Å². The summed E-state index contributed by atoms with van der Waals surface area (Å²) >= 11 is 6.06. The molecule has 0 amide bonds. The van der Waals surface area contributed by atoms with Crippen molar-refractivity contribution in [3.63, 3.8) is 0 Å². The monoisotopic (exact) mass is 425 g/mol. The normalized spacial score (nSPS) is 15.9. The Labute approximate surface area is 180 Å². The number of rotatable bonds is 6. The lowest BCUT2D eigenvalue weighted by molar-refractivity contribution is 0.626. The SMILES string of the molecule is CN(CC1CN(c2ccc(Cl)cc2)C(Cc2ccc(F)cc2)=N1)c1ccc(F)cc1. The minimum absolute atomic E-state index is 0.0474. The van der Waals surface area contributed by atoms with Crippen LogP contribution < -0.4 is 9.80 Å². The van der Waals surface area contributed by atoms with Crippen LogP contribution in [0.4, 0.5) is 20.2 Å². The zero-order chi connectivity index (χ0) is 21.1. The average molecular weight is 426 g/mol. The lowest BCUT2D eigenvalue weighted by Crippen LogP contribution is -2.34. The van der Waals surface area contributed by atoms with Crippen molar-refractivity contribution in [3.05, 3.63) is 95.0 Å². The molecule has 0 bridgehead atoms. The number of anilines is 2. The number of halogens is 3. The molecule has 3 nitrogen and oxygen atoms in total. The van der Waals surface area contributed by atoms with Gasteiger partial charge in [0.1, 0.15) is 17.5 Å². The maximum Gasteiger partial charge on any atom is 0.123 e. The van der Waals surface area contributed by atoms with Crippen LogP contribution in [0.5, 0.6) is 0 Å². The minimum Gasteiger partial charge on any atom is -0.372 e. The van der Waals surface area contributed by atoms with Crippen LogP contribution in [0.25, 0.3) is 0 Å². The van der Waals surface area contributed by atoms with Gasteiger partial charge < -0.3 is 9.80 Å². The zero-order valence-electron chi connectivity index (χ0n) is 16.6. The van der Waals surface area contributed by atoms with Crippen LogP contribution in [0.1, 0.15) is 5.56 Å². The lowest BCUT2D eigenvalue weighted by Gasteiger charge is -2.24. The molecular formula is C24H22ClF2N3. The molecule has 1 aliphatic heterocycles. The summed E-state index contributed by atoms with van der Waals surface area (Å²) in [5.74, 6) is 0.434. The Balaban J connectivity index is 1.55. The van der Waals surface area contributed by atoms with Crippen molar-refractivity contribution < 1.29 is 8.78 Å². The summed E-state index contributed by atoms with van der Waals surface area (Å²) in [5, 5.41) is 0.683. The van der Waals surface area contributed by atoms with E-state index in [1.54, 1.807) is 24.3 Å². The van der Waals surface area contributed by atoms with E-state index in [0.29, 0.717) is 18.0 Å². The van der Waals surface area contributed by atoms with Gasteiger partial charge >= 0.3 is 0 Å². The zero-order valence-corrected chi connectivity index (χ0v) is 17.4. The van der Waals surface area contributed by atoms with E-state index < -0.39 is 0 Å². The Hall–Kier alpha value is -2.92. The molecule has 0 saturated carbocycles. The first-order valence-corrected chi connectivity index (χ1v) is 10.2. The van der Waals surface area contributed by atoms with Gasteiger partial charge in [0, 0.05) is 43.0 Å². The second kappa shape index (κ2) is 8.84. The van der Waals surface area contributed by atoms with E-state index in [0.717, 1.165) is 29.3 Å². The molecule has 154 valence electrons. The third-order valence-corrected chi connectivity index (χ3v) is 5.45. The van der Waals surface area contributed by atoms with Crippen molar-refractivity contribution in [1.82, 2.24) is 0 Å². The van der Waals surface area contributed by atoms with Crippen molar-refractivity contribution in [3.8, 4) is 0 Å². The summed E-state index contributed by atoms with van der Waals surface area (Å²) in [7, 11) is 1.98. The first-order valence-electron chi connectivity index (χ1n) is 9.79. The van der Waals surface area contributed by atoms with E-state index in [2.05, 4.69) is 9.80 Å². The van der Waals surface area contributed by atoms with Gasteiger partial charge in [-0.1, -0.05) is 23.7 Å². The second-order valence-corrected chi connectivity index (χ2v) is 7.88. The van der Waals surface area contributed by atoms with Crippen molar-refractivity contribution in [2.75, 3.05) is 29.9 Å². The van der Waals surface area contributed by atoms with Crippen LogP contribution in [-0.2, 0) is 6.42 Å². The fourth-order valence-electron chi connectivity index (χ4n) is 3.65. The highest BCUT2D eigenvalue weighted by atomic mass is 35.5. The van der Waals surface area contributed by atoms with E-state index >= 15 is 0 Å². The number of benzene rings is 3. The molecule has 0 aliphatic carbocycles. The van der Waals surface area contributed by atoms with E-state index in [4.69, 9.17) is 16.6 Å². The fraction of sp³-hybridized carbons (Fsp3) is 0.208. The largest absolute Gasteiger partial charge is 0.372 e. The first-order chi connectivity index (χ1) is 14.5. The minimum atomic E-state index is -0.250. The maximum absolute atomic E-state index is 13.3. The van der Waals surface area contributed by atoms with Gasteiger partial charge in [-0.05, 0) is 66.2 Å². The topological polar surface area (TPSA) is 18.8 Å². The van der Waals surface area contributed by atoms with Crippen molar-refractivity contribution >= 4 is 28.8 Å². The van der Waals surface area contributed by atoms with Gasteiger partial charge in [0.05, 0.1) is 6.04 Å². The number of nitrogens with zero attached hydrogens (tertiary/aromatic N) is 3. The number of likely N-dealkylation sites (N-methyl/N-ethyl adjacent to an activating group) is 1. The quantitative estimate of drug-likeness (QED) is 0.513. The van der Waals surface area contributed by atoms with Crippen LogP contribution in [0, 0.1) is 11.6 Å². The number of hydrogen-bond donors (Lipinski definition) is 0. The van der Waals surface area contributed by atoms with E-state index in [1.165, 1.54) is 24.3 Å². The van der Waals surface area contributed by atoms with Crippen LogP contribution in [0.2, 0.25) is 5.02 Å². The second-order valence-electron chi connectivity index (χ2n) is 7.45. The number of aliphatic imine (C=N–C) groups is 1. The fourth-order valence-corrected chi connectivity index (χ4v) is 3.78. The van der Waals surface area contributed by atoms with Gasteiger partial charge in [0.2, 0.25) is 0 Å². The summed E-state index contributed by atoms with van der Waals surface area (Å²) in [5.41, 5.74) is 2.96. The van der Waals surface area contributed by atoms with Crippen molar-refractivity contribution in [2.24, 2.45) is 4.99 Å². The van der Waals surface area contributed by atoms with Crippen molar-refractivity contribution in [1.29, 1.82) is 0 Å². The van der Waals surface area contributed by atoms with Gasteiger partial charge in [0.25, 0.3) is 0 Å². The molecule has 0 saturated heterocycles. The van der Waals surface area contributed by atoms with E-state index in [-0.39, 0.29) is 17.7 Å². The van der Waals surface area contributed by atoms with Gasteiger partial charge in [-0.15, -0.1) is 0 Å². The third kappa shape index (κ3) is 4.79. The molecule has 1 atom stereocenters. The molecule has 0 spiro atoms. The highest BCUT2D eigenvalue weighted by molar-refractivity contribution is 6.30. The molecule has 1 unspecified atom stereocenters. The van der Waals surface area contributed by atoms with Crippen LogP contribution in [0.3, 0.4) is 0 Å². The highest BCUT2D eigenvalue weighted by Crippen LogP contribution is 2.25. The van der Waals surface area contributed by atoms with E-state index in [9.17, 15) is 8.78 Å². The van der Waals surface area contributed by atoms with Gasteiger partial charge in [-0.2, -0.15) is 0 Å². The molecule has 3 aromatic rings. The Kier molecular flexibility index (Phi) is 6.00. The Morgan fingerprint density at radius 1 is 0.933 bits per heavy atom. The smallest absolute Gasteiger partial charge is 0.123 e. The molecule has 4 rings (SSSR count). The molecule has 0 fully saturated rings. The molecule has 1 heterocycles. The maximum atomic E-state index is 13.3. The third-order valence-electron chi connectivity index (χ3n) is 5.20. The van der Waals surface area contributed by atoms with Gasteiger partial charge in [0.15, 0.2) is 0 Å². The first kappa shape index (κ1) is 20.4. The summed E-state index contributed by atoms with van der Waals surface area (Å²) in [6, 6.07) is 20.7.